The summed E-state index contributed by atoms with van der Waals surface area (Å²) in [5.41, 5.74) is 7.71. The third-order valence-corrected chi connectivity index (χ3v) is 7.95. The van der Waals surface area contributed by atoms with Crippen LogP contribution in [-0.2, 0) is 18.3 Å². The van der Waals surface area contributed by atoms with Crippen LogP contribution < -0.4 is 0 Å². The molecule has 1 aliphatic heterocycles. The summed E-state index contributed by atoms with van der Waals surface area (Å²) in [6, 6.07) is 18.2. The molecule has 4 rings (SSSR count). The van der Waals surface area contributed by atoms with Crippen LogP contribution in [0.15, 0.2) is 66.3 Å². The van der Waals surface area contributed by atoms with E-state index < -0.39 is 0 Å². The van der Waals surface area contributed by atoms with Gasteiger partial charge in [0.25, 0.3) is 0 Å². The number of aryl methyl sites for hydroxylation is 2. The fourth-order valence-corrected chi connectivity index (χ4v) is 6.08. The van der Waals surface area contributed by atoms with Gasteiger partial charge in [0, 0.05) is 9.65 Å². The highest BCUT2D eigenvalue weighted by Crippen LogP contribution is 2.50. The van der Waals surface area contributed by atoms with Crippen molar-refractivity contribution in [1.82, 2.24) is 0 Å². The average molecular weight is 403 g/mol. The minimum absolute atomic E-state index is 0.223. The van der Waals surface area contributed by atoms with Gasteiger partial charge in [-0.1, -0.05) is 81.5 Å². The van der Waals surface area contributed by atoms with Gasteiger partial charge in [0.15, 0.2) is 0 Å². The van der Waals surface area contributed by atoms with Crippen LogP contribution in [0.1, 0.15) is 75.6 Å². The summed E-state index contributed by atoms with van der Waals surface area (Å²) in [5, 5.41) is 0. The lowest BCUT2D eigenvalue weighted by atomic mass is 9.85. The summed E-state index contributed by atoms with van der Waals surface area (Å²) in [4.78, 5) is 1.54. The van der Waals surface area contributed by atoms with Crippen molar-refractivity contribution in [3.05, 3.63) is 88.5 Å². The number of hydrogen-bond donors (Lipinski definition) is 0. The molecule has 0 fully saturated rings. The summed E-state index contributed by atoms with van der Waals surface area (Å²) in [6.07, 6.45) is 12.0. The van der Waals surface area contributed by atoms with E-state index in [9.17, 15) is 0 Å². The Morgan fingerprint density at radius 2 is 1.83 bits per heavy atom. The molecule has 0 radical (unpaired) electrons. The number of allylic oxidation sites excluding steroid dienone is 3. The predicted molar refractivity (Wildman–Crippen MR) is 130 cm³/mol. The molecule has 0 bridgehead atoms. The topological polar surface area (TPSA) is 0 Å². The first-order valence-electron chi connectivity index (χ1n) is 11.1. The molecule has 0 aromatic heterocycles. The highest BCUT2D eigenvalue weighted by molar-refractivity contribution is 8.09. The molecule has 0 spiro atoms. The molecule has 1 heterocycles. The van der Waals surface area contributed by atoms with E-state index in [4.69, 9.17) is 0 Å². The third kappa shape index (κ3) is 4.72. The first kappa shape index (κ1) is 20.5. The zero-order valence-electron chi connectivity index (χ0n) is 18.4. The lowest BCUT2D eigenvalue weighted by Gasteiger charge is -2.31. The molecule has 0 nitrogen and oxygen atoms in total. The average Bonchev–Trinajstić information content (AvgIpc) is 2.86. The maximum atomic E-state index is 2.47. The van der Waals surface area contributed by atoms with Gasteiger partial charge in [-0.15, -0.1) is 11.8 Å². The first-order chi connectivity index (χ1) is 13.8. The first-order valence-corrected chi connectivity index (χ1v) is 11.9. The van der Waals surface area contributed by atoms with Crippen molar-refractivity contribution in [3.63, 3.8) is 0 Å². The van der Waals surface area contributed by atoms with Crippen LogP contribution in [0.25, 0.3) is 4.91 Å². The lowest BCUT2D eigenvalue weighted by Crippen LogP contribution is -2.19. The molecule has 0 saturated carbocycles. The molecule has 2 aromatic rings. The van der Waals surface area contributed by atoms with E-state index in [0.29, 0.717) is 0 Å². The SMILES string of the molecule is CC1(CCCc2cccc(C(C)(C)C)c2)CC=CC2=C(S1)c1ccccc1CC2. The molecular formula is C28H34S. The van der Waals surface area contributed by atoms with E-state index in [2.05, 4.69) is 100 Å². The Kier molecular flexibility index (Phi) is 5.80. The van der Waals surface area contributed by atoms with Gasteiger partial charge >= 0.3 is 0 Å². The minimum atomic E-state index is 0.223. The van der Waals surface area contributed by atoms with Gasteiger partial charge in [-0.3, -0.25) is 0 Å². The van der Waals surface area contributed by atoms with E-state index >= 15 is 0 Å². The Balaban J connectivity index is 1.46. The highest BCUT2D eigenvalue weighted by Gasteiger charge is 2.30. The molecule has 2 aliphatic rings. The maximum absolute atomic E-state index is 2.47. The molecule has 2 aromatic carbocycles. The molecular weight excluding hydrogens is 368 g/mol. The van der Waals surface area contributed by atoms with Crippen molar-refractivity contribution in [3.8, 4) is 0 Å². The smallest absolute Gasteiger partial charge is 0.0214 e. The standard InChI is InChI=1S/C28H34S/c1-27(2,3)24-14-7-10-21(20-24)11-8-18-28(4)19-9-13-23-17-16-22-12-5-6-15-25(22)26(23)29-28/h5-7,9-10,12-15,20H,8,11,16-19H2,1-4H3. The summed E-state index contributed by atoms with van der Waals surface area (Å²) in [7, 11) is 0. The van der Waals surface area contributed by atoms with E-state index in [1.54, 1.807) is 5.57 Å². The number of benzene rings is 2. The summed E-state index contributed by atoms with van der Waals surface area (Å²) in [6.45, 7) is 9.37. The zero-order chi connectivity index (χ0) is 20.5. The number of thioether (sulfide) groups is 1. The summed E-state index contributed by atoms with van der Waals surface area (Å²) in [5.74, 6) is 0. The Labute approximate surface area is 181 Å². The second kappa shape index (κ2) is 8.19. The van der Waals surface area contributed by atoms with Crippen LogP contribution in [0.4, 0.5) is 0 Å². The van der Waals surface area contributed by atoms with Crippen molar-refractivity contribution < 1.29 is 0 Å². The van der Waals surface area contributed by atoms with Crippen LogP contribution in [-0.4, -0.2) is 4.75 Å². The van der Waals surface area contributed by atoms with Crippen LogP contribution in [0.2, 0.25) is 0 Å². The second-order valence-corrected chi connectivity index (χ2v) is 11.6. The quantitative estimate of drug-likeness (QED) is 0.497. The molecule has 0 saturated heterocycles. The molecule has 1 aliphatic carbocycles. The van der Waals surface area contributed by atoms with E-state index in [-0.39, 0.29) is 10.2 Å². The Morgan fingerprint density at radius 3 is 2.66 bits per heavy atom. The van der Waals surface area contributed by atoms with E-state index in [1.807, 2.05) is 0 Å². The normalized spacial score (nSPS) is 21.5. The van der Waals surface area contributed by atoms with Gasteiger partial charge < -0.3 is 0 Å². The van der Waals surface area contributed by atoms with Crippen LogP contribution >= 0.6 is 11.8 Å². The molecule has 152 valence electrons. The zero-order valence-corrected chi connectivity index (χ0v) is 19.2. The van der Waals surface area contributed by atoms with Crippen molar-refractivity contribution in [2.75, 3.05) is 0 Å². The molecule has 29 heavy (non-hydrogen) atoms. The Morgan fingerprint density at radius 1 is 1.00 bits per heavy atom. The summed E-state index contributed by atoms with van der Waals surface area (Å²) < 4.78 is 0.277. The van der Waals surface area contributed by atoms with Gasteiger partial charge in [0.2, 0.25) is 0 Å². The van der Waals surface area contributed by atoms with Crippen molar-refractivity contribution >= 4 is 16.7 Å². The van der Waals surface area contributed by atoms with Gasteiger partial charge in [-0.05, 0) is 78.7 Å². The van der Waals surface area contributed by atoms with Crippen molar-refractivity contribution in [2.45, 2.75) is 76.4 Å². The maximum Gasteiger partial charge on any atom is 0.0214 e. The largest absolute Gasteiger partial charge is 0.118 e. The number of hydrogen-bond acceptors (Lipinski definition) is 1. The summed E-state index contributed by atoms with van der Waals surface area (Å²) >= 11 is 2.14. The van der Waals surface area contributed by atoms with E-state index in [0.717, 1.165) is 6.42 Å². The molecule has 0 amide bonds. The second-order valence-electron chi connectivity index (χ2n) is 9.97. The molecule has 1 heteroatoms. The van der Waals surface area contributed by atoms with E-state index in [1.165, 1.54) is 59.3 Å². The van der Waals surface area contributed by atoms with Gasteiger partial charge in [0.1, 0.15) is 0 Å². The molecule has 1 atom stereocenters. The minimum Gasteiger partial charge on any atom is -0.118 e. The van der Waals surface area contributed by atoms with Crippen molar-refractivity contribution in [1.29, 1.82) is 0 Å². The van der Waals surface area contributed by atoms with Crippen LogP contribution in [0.3, 0.4) is 0 Å². The number of rotatable bonds is 4. The van der Waals surface area contributed by atoms with Crippen LogP contribution in [0, 0.1) is 0 Å². The van der Waals surface area contributed by atoms with Crippen molar-refractivity contribution in [2.24, 2.45) is 0 Å². The van der Waals surface area contributed by atoms with Gasteiger partial charge in [-0.25, -0.2) is 0 Å². The fraction of sp³-hybridized carbons (Fsp3) is 0.429. The Hall–Kier alpha value is -1.73. The predicted octanol–water partition coefficient (Wildman–Crippen LogP) is 8.12. The van der Waals surface area contributed by atoms with Gasteiger partial charge in [0.05, 0.1) is 0 Å². The highest BCUT2D eigenvalue weighted by atomic mass is 32.2. The monoisotopic (exact) mass is 402 g/mol. The third-order valence-electron chi connectivity index (χ3n) is 6.40. The Bertz CT molecular complexity index is 941. The van der Waals surface area contributed by atoms with Crippen LogP contribution in [0.5, 0.6) is 0 Å². The lowest BCUT2D eigenvalue weighted by molar-refractivity contribution is 0.564. The number of fused-ring (bicyclic) bond motifs is 2. The van der Waals surface area contributed by atoms with Gasteiger partial charge in [-0.2, -0.15) is 0 Å². The molecule has 0 N–H and O–H groups in total. The fourth-order valence-electron chi connectivity index (χ4n) is 4.55. The molecule has 1 unspecified atom stereocenters.